The van der Waals surface area contributed by atoms with Crippen molar-refractivity contribution in [2.24, 2.45) is 10.9 Å². The first-order chi connectivity index (χ1) is 8.39. The summed E-state index contributed by atoms with van der Waals surface area (Å²) in [6, 6.07) is -0.0141. The van der Waals surface area contributed by atoms with Crippen LogP contribution in [0.2, 0.25) is 0 Å². The predicted molar refractivity (Wildman–Crippen MR) is 72.6 cm³/mol. The van der Waals surface area contributed by atoms with Crippen LogP contribution in [0.1, 0.15) is 33.1 Å². The zero-order chi connectivity index (χ0) is 13.8. The van der Waals surface area contributed by atoms with Crippen molar-refractivity contribution in [1.29, 1.82) is 0 Å². The molecule has 5 nitrogen and oxygen atoms in total. The Bertz CT molecular complexity index is 415. The summed E-state index contributed by atoms with van der Waals surface area (Å²) in [6.07, 6.45) is 1.75. The molecule has 0 aromatic carbocycles. The van der Waals surface area contributed by atoms with Crippen LogP contribution < -0.4 is 5.32 Å². The minimum Gasteiger partial charge on any atom is -0.353 e. The van der Waals surface area contributed by atoms with Crippen molar-refractivity contribution in [3.05, 3.63) is 0 Å². The molecular formula is C12H22N2O3S. The molecule has 1 rings (SSSR count). The fourth-order valence-corrected chi connectivity index (χ4v) is 3.65. The lowest BCUT2D eigenvalue weighted by Crippen LogP contribution is -2.44. The third kappa shape index (κ3) is 4.08. The number of hydrogen-bond acceptors (Lipinski definition) is 4. The molecule has 0 saturated carbocycles. The van der Waals surface area contributed by atoms with E-state index in [0.29, 0.717) is 19.3 Å². The zero-order valence-electron chi connectivity index (χ0n) is 11.3. The monoisotopic (exact) mass is 274 g/mol. The second kappa shape index (κ2) is 6.31. The molecule has 1 aliphatic rings. The van der Waals surface area contributed by atoms with Gasteiger partial charge in [0.05, 0.1) is 17.4 Å². The Labute approximate surface area is 109 Å². The first-order valence-electron chi connectivity index (χ1n) is 6.33. The molecule has 1 aliphatic heterocycles. The highest BCUT2D eigenvalue weighted by molar-refractivity contribution is 7.91. The second-order valence-corrected chi connectivity index (χ2v) is 7.06. The molecule has 0 bridgehead atoms. The van der Waals surface area contributed by atoms with Crippen LogP contribution in [0.15, 0.2) is 4.99 Å². The third-order valence-electron chi connectivity index (χ3n) is 3.48. The third-order valence-corrected chi connectivity index (χ3v) is 5.20. The normalized spacial score (nSPS) is 22.5. The number of rotatable bonds is 4. The van der Waals surface area contributed by atoms with E-state index in [-0.39, 0.29) is 29.4 Å². The number of nitrogens with zero attached hydrogens (tertiary/aromatic N) is 1. The number of nitrogens with one attached hydrogen (secondary N) is 1. The van der Waals surface area contributed by atoms with Gasteiger partial charge in [0.15, 0.2) is 0 Å². The fourth-order valence-electron chi connectivity index (χ4n) is 2.16. The number of aliphatic imine (C=N–C) groups is 1. The molecule has 1 unspecified atom stereocenters. The van der Waals surface area contributed by atoms with Crippen molar-refractivity contribution < 1.29 is 13.2 Å². The van der Waals surface area contributed by atoms with Crippen molar-refractivity contribution in [2.45, 2.75) is 39.2 Å². The van der Waals surface area contributed by atoms with Crippen LogP contribution in [0.3, 0.4) is 0 Å². The molecule has 0 spiro atoms. The van der Waals surface area contributed by atoms with Crippen LogP contribution >= 0.6 is 0 Å². The average Bonchev–Trinajstić information content (AvgIpc) is 2.32. The van der Waals surface area contributed by atoms with Crippen LogP contribution in [-0.4, -0.2) is 44.6 Å². The van der Waals surface area contributed by atoms with Gasteiger partial charge in [-0.2, -0.15) is 0 Å². The molecule has 6 heteroatoms. The fraction of sp³-hybridized carbons (Fsp3) is 0.833. The minimum absolute atomic E-state index is 0.0141. The van der Waals surface area contributed by atoms with Gasteiger partial charge in [-0.3, -0.25) is 9.79 Å². The van der Waals surface area contributed by atoms with Gasteiger partial charge >= 0.3 is 0 Å². The van der Waals surface area contributed by atoms with Crippen molar-refractivity contribution in [3.8, 4) is 0 Å². The Balaban J connectivity index is 2.55. The van der Waals surface area contributed by atoms with Gasteiger partial charge in [0.1, 0.15) is 9.84 Å². The summed E-state index contributed by atoms with van der Waals surface area (Å²) in [4.78, 5) is 16.1. The molecule has 1 N–H and O–H groups in total. The maximum atomic E-state index is 12.1. The van der Waals surface area contributed by atoms with E-state index in [1.807, 2.05) is 13.8 Å². The van der Waals surface area contributed by atoms with E-state index < -0.39 is 9.84 Å². The van der Waals surface area contributed by atoms with E-state index in [4.69, 9.17) is 0 Å². The summed E-state index contributed by atoms with van der Waals surface area (Å²) in [5, 5.41) is 2.94. The van der Waals surface area contributed by atoms with Crippen LogP contribution in [0.25, 0.3) is 0 Å². The quantitative estimate of drug-likeness (QED) is 0.770. The molecule has 1 amide bonds. The van der Waals surface area contributed by atoms with Crippen LogP contribution in [0.4, 0.5) is 0 Å². The van der Waals surface area contributed by atoms with E-state index in [0.717, 1.165) is 5.71 Å². The average molecular weight is 274 g/mol. The number of sulfone groups is 1. The summed E-state index contributed by atoms with van der Waals surface area (Å²) in [7, 11) is -1.19. The van der Waals surface area contributed by atoms with E-state index in [9.17, 15) is 13.2 Å². The lowest BCUT2D eigenvalue weighted by Gasteiger charge is -2.25. The van der Waals surface area contributed by atoms with Gasteiger partial charge in [0.25, 0.3) is 0 Å². The van der Waals surface area contributed by atoms with Gasteiger partial charge < -0.3 is 5.32 Å². The number of carbonyl (C=O) groups is 1. The number of hydrogen-bond donors (Lipinski definition) is 1. The van der Waals surface area contributed by atoms with Crippen molar-refractivity contribution in [2.75, 3.05) is 18.6 Å². The standard InChI is InChI=1S/C12H22N2O3S/c1-4-11(9(2)13-3)12(15)14-10-5-7-18(16,17)8-6-10/h10-11H,4-8H2,1-3H3,(H,14,15). The lowest BCUT2D eigenvalue weighted by atomic mass is 9.99. The summed E-state index contributed by atoms with van der Waals surface area (Å²) in [5.74, 6) is 0.115. The van der Waals surface area contributed by atoms with Crippen molar-refractivity contribution in [1.82, 2.24) is 5.32 Å². The Morgan fingerprint density at radius 3 is 2.39 bits per heavy atom. The first-order valence-corrected chi connectivity index (χ1v) is 8.15. The first kappa shape index (κ1) is 15.1. The van der Waals surface area contributed by atoms with E-state index in [1.54, 1.807) is 7.05 Å². The van der Waals surface area contributed by atoms with Crippen molar-refractivity contribution >= 4 is 21.5 Å². The summed E-state index contributed by atoms with van der Waals surface area (Å²) in [5.41, 5.74) is 0.818. The highest BCUT2D eigenvalue weighted by Crippen LogP contribution is 2.14. The van der Waals surface area contributed by atoms with Crippen LogP contribution in [0.5, 0.6) is 0 Å². The lowest BCUT2D eigenvalue weighted by molar-refractivity contribution is -0.123. The SMILES string of the molecule is CCC(C(=O)NC1CCS(=O)(=O)CC1)C(C)=NC. The smallest absolute Gasteiger partial charge is 0.228 e. The summed E-state index contributed by atoms with van der Waals surface area (Å²) in [6.45, 7) is 3.79. The minimum atomic E-state index is -2.87. The molecule has 1 saturated heterocycles. The van der Waals surface area contributed by atoms with Crippen molar-refractivity contribution in [3.63, 3.8) is 0 Å². The van der Waals surface area contributed by atoms with Gasteiger partial charge in [-0.15, -0.1) is 0 Å². The Morgan fingerprint density at radius 2 is 1.94 bits per heavy atom. The molecular weight excluding hydrogens is 252 g/mol. The van der Waals surface area contributed by atoms with Gasteiger partial charge in [0, 0.05) is 18.8 Å². The molecule has 1 heterocycles. The molecule has 0 aromatic rings. The summed E-state index contributed by atoms with van der Waals surface area (Å²) < 4.78 is 22.6. The zero-order valence-corrected chi connectivity index (χ0v) is 12.1. The van der Waals surface area contributed by atoms with Gasteiger partial charge in [-0.1, -0.05) is 6.92 Å². The highest BCUT2D eigenvalue weighted by atomic mass is 32.2. The molecule has 0 aromatic heterocycles. The van der Waals surface area contributed by atoms with E-state index >= 15 is 0 Å². The number of amides is 1. The van der Waals surface area contributed by atoms with E-state index in [1.165, 1.54) is 0 Å². The predicted octanol–water partition coefficient (Wildman–Crippen LogP) is 0.797. The van der Waals surface area contributed by atoms with E-state index in [2.05, 4.69) is 10.3 Å². The second-order valence-electron chi connectivity index (χ2n) is 4.76. The van der Waals surface area contributed by atoms with Crippen LogP contribution in [0, 0.1) is 5.92 Å². The molecule has 0 aliphatic carbocycles. The summed E-state index contributed by atoms with van der Waals surface area (Å²) >= 11 is 0. The topological polar surface area (TPSA) is 75.6 Å². The largest absolute Gasteiger partial charge is 0.353 e. The number of carbonyl (C=O) groups excluding carboxylic acids is 1. The molecule has 1 atom stereocenters. The Hall–Kier alpha value is -0.910. The van der Waals surface area contributed by atoms with Gasteiger partial charge in [-0.05, 0) is 26.2 Å². The Morgan fingerprint density at radius 1 is 1.39 bits per heavy atom. The maximum absolute atomic E-state index is 12.1. The Kier molecular flexibility index (Phi) is 5.31. The maximum Gasteiger partial charge on any atom is 0.228 e. The van der Waals surface area contributed by atoms with Crippen LogP contribution in [-0.2, 0) is 14.6 Å². The molecule has 0 radical (unpaired) electrons. The molecule has 1 fully saturated rings. The molecule has 18 heavy (non-hydrogen) atoms. The molecule has 104 valence electrons. The van der Waals surface area contributed by atoms with Gasteiger partial charge in [-0.25, -0.2) is 8.42 Å². The van der Waals surface area contributed by atoms with Gasteiger partial charge in [0.2, 0.25) is 5.91 Å². The highest BCUT2D eigenvalue weighted by Gasteiger charge is 2.27.